The molecular formula is C9H8Br2O2. The van der Waals surface area contributed by atoms with E-state index in [4.69, 9.17) is 4.74 Å². The average molecular weight is 308 g/mol. The summed E-state index contributed by atoms with van der Waals surface area (Å²) in [7, 11) is 0. The molecule has 0 unspecified atom stereocenters. The summed E-state index contributed by atoms with van der Waals surface area (Å²) >= 11 is 6.71. The first-order valence-corrected chi connectivity index (χ1v) is 5.34. The van der Waals surface area contributed by atoms with Gasteiger partial charge in [0.25, 0.3) is 0 Å². The van der Waals surface area contributed by atoms with Gasteiger partial charge in [0.05, 0.1) is 15.6 Å². The van der Waals surface area contributed by atoms with Crippen LogP contribution in [0.1, 0.15) is 6.42 Å². The average Bonchev–Trinajstić information content (AvgIpc) is 2.10. The number of carbonyl (C=O) groups excluding carboxylic acids is 1. The molecule has 4 heteroatoms. The Bertz CT molecular complexity index is 279. The maximum Gasteiger partial charge on any atom is 0.147 e. The van der Waals surface area contributed by atoms with Crippen LogP contribution in [0.2, 0.25) is 0 Å². The van der Waals surface area contributed by atoms with Crippen LogP contribution in [-0.4, -0.2) is 12.9 Å². The van der Waals surface area contributed by atoms with Crippen molar-refractivity contribution >= 4 is 38.1 Å². The first-order valence-electron chi connectivity index (χ1n) is 3.76. The predicted molar refractivity (Wildman–Crippen MR) is 58.0 cm³/mol. The standard InChI is InChI=1S/C9H8Br2O2/c10-7-3-1-4-8(11)9(7)13-6-2-5-12/h1,3-5H,2,6H2. The molecule has 1 aromatic carbocycles. The molecule has 0 aliphatic rings. The number of hydrogen-bond acceptors (Lipinski definition) is 2. The highest BCUT2D eigenvalue weighted by Gasteiger charge is 2.04. The Morgan fingerprint density at radius 1 is 1.31 bits per heavy atom. The molecular weight excluding hydrogens is 300 g/mol. The molecule has 0 fully saturated rings. The van der Waals surface area contributed by atoms with Crippen LogP contribution in [-0.2, 0) is 4.79 Å². The van der Waals surface area contributed by atoms with Crippen molar-refractivity contribution in [2.45, 2.75) is 6.42 Å². The minimum absolute atomic E-state index is 0.407. The van der Waals surface area contributed by atoms with Crippen molar-refractivity contribution in [1.82, 2.24) is 0 Å². The zero-order valence-corrected chi connectivity index (χ0v) is 9.97. The number of hydrogen-bond donors (Lipinski definition) is 0. The smallest absolute Gasteiger partial charge is 0.147 e. The third kappa shape index (κ3) is 3.12. The van der Waals surface area contributed by atoms with Gasteiger partial charge in [0.15, 0.2) is 0 Å². The fraction of sp³-hybridized carbons (Fsp3) is 0.222. The maximum absolute atomic E-state index is 10.1. The number of aldehydes is 1. The molecule has 0 heterocycles. The number of carbonyl (C=O) groups is 1. The van der Waals surface area contributed by atoms with Crippen molar-refractivity contribution in [1.29, 1.82) is 0 Å². The van der Waals surface area contributed by atoms with E-state index in [1.807, 2.05) is 18.2 Å². The fourth-order valence-electron chi connectivity index (χ4n) is 0.830. The summed E-state index contributed by atoms with van der Waals surface area (Å²) in [5, 5.41) is 0. The molecule has 0 saturated carbocycles. The highest BCUT2D eigenvalue weighted by Crippen LogP contribution is 2.32. The molecule has 0 aliphatic heterocycles. The molecule has 0 aliphatic carbocycles. The van der Waals surface area contributed by atoms with E-state index in [1.165, 1.54) is 0 Å². The van der Waals surface area contributed by atoms with Gasteiger partial charge in [0.2, 0.25) is 0 Å². The molecule has 0 atom stereocenters. The van der Waals surface area contributed by atoms with E-state index in [1.54, 1.807) is 0 Å². The van der Waals surface area contributed by atoms with Crippen molar-refractivity contribution in [3.05, 3.63) is 27.1 Å². The summed E-state index contributed by atoms with van der Waals surface area (Å²) in [6.07, 6.45) is 1.25. The van der Waals surface area contributed by atoms with Gasteiger partial charge < -0.3 is 9.53 Å². The van der Waals surface area contributed by atoms with Gasteiger partial charge in [-0.2, -0.15) is 0 Å². The van der Waals surface area contributed by atoms with Crippen molar-refractivity contribution in [3.63, 3.8) is 0 Å². The van der Waals surface area contributed by atoms with Gasteiger partial charge in [-0.1, -0.05) is 6.07 Å². The second-order valence-corrected chi connectivity index (χ2v) is 4.06. The minimum atomic E-state index is 0.407. The Hall–Kier alpha value is -0.350. The summed E-state index contributed by atoms with van der Waals surface area (Å²) in [5.41, 5.74) is 0. The molecule has 1 rings (SSSR count). The normalized spacial score (nSPS) is 9.69. The zero-order valence-electron chi connectivity index (χ0n) is 6.80. The third-order valence-corrected chi connectivity index (χ3v) is 2.65. The lowest BCUT2D eigenvalue weighted by Gasteiger charge is -2.07. The van der Waals surface area contributed by atoms with Crippen molar-refractivity contribution < 1.29 is 9.53 Å². The zero-order chi connectivity index (χ0) is 9.68. The Balaban J connectivity index is 2.69. The van der Waals surface area contributed by atoms with Crippen LogP contribution >= 0.6 is 31.9 Å². The molecule has 70 valence electrons. The summed E-state index contributed by atoms with van der Waals surface area (Å²) in [4.78, 5) is 10.1. The van der Waals surface area contributed by atoms with E-state index >= 15 is 0 Å². The lowest BCUT2D eigenvalue weighted by molar-refractivity contribution is -0.108. The molecule has 0 radical (unpaired) electrons. The summed E-state index contributed by atoms with van der Waals surface area (Å²) in [6.45, 7) is 0.407. The van der Waals surface area contributed by atoms with Gasteiger partial charge in [-0.15, -0.1) is 0 Å². The van der Waals surface area contributed by atoms with Crippen LogP contribution in [0.5, 0.6) is 5.75 Å². The minimum Gasteiger partial charge on any atom is -0.491 e. The summed E-state index contributed by atoms with van der Waals surface area (Å²) < 4.78 is 7.15. The van der Waals surface area contributed by atoms with Gasteiger partial charge in [-0.25, -0.2) is 0 Å². The second-order valence-electron chi connectivity index (χ2n) is 2.35. The molecule has 2 nitrogen and oxygen atoms in total. The number of halogens is 2. The van der Waals surface area contributed by atoms with E-state index in [-0.39, 0.29) is 0 Å². The molecule has 0 aromatic heterocycles. The van der Waals surface area contributed by atoms with Crippen molar-refractivity contribution in [2.24, 2.45) is 0 Å². The number of ether oxygens (including phenoxy) is 1. The monoisotopic (exact) mass is 306 g/mol. The van der Waals surface area contributed by atoms with Gasteiger partial charge in [-0.05, 0) is 44.0 Å². The lowest BCUT2D eigenvalue weighted by Crippen LogP contribution is -1.98. The molecule has 0 spiro atoms. The largest absolute Gasteiger partial charge is 0.491 e. The topological polar surface area (TPSA) is 26.3 Å². The van der Waals surface area contributed by atoms with Crippen LogP contribution in [0.4, 0.5) is 0 Å². The molecule has 13 heavy (non-hydrogen) atoms. The van der Waals surface area contributed by atoms with E-state index in [0.717, 1.165) is 21.0 Å². The van der Waals surface area contributed by atoms with Crippen LogP contribution in [0.3, 0.4) is 0 Å². The number of para-hydroxylation sites is 1. The van der Waals surface area contributed by atoms with E-state index in [9.17, 15) is 4.79 Å². The predicted octanol–water partition coefficient (Wildman–Crippen LogP) is 3.18. The molecule has 0 saturated heterocycles. The molecule has 0 N–H and O–H groups in total. The Labute approximate surface area is 93.5 Å². The van der Waals surface area contributed by atoms with Gasteiger partial charge in [-0.3, -0.25) is 0 Å². The van der Waals surface area contributed by atoms with E-state index in [2.05, 4.69) is 31.9 Å². The van der Waals surface area contributed by atoms with Gasteiger partial charge >= 0.3 is 0 Å². The summed E-state index contributed by atoms with van der Waals surface area (Å²) in [6, 6.07) is 5.68. The molecule has 1 aromatic rings. The van der Waals surface area contributed by atoms with E-state index in [0.29, 0.717) is 13.0 Å². The highest BCUT2D eigenvalue weighted by molar-refractivity contribution is 9.11. The first-order chi connectivity index (χ1) is 6.25. The maximum atomic E-state index is 10.1. The second kappa shape index (κ2) is 5.40. The fourth-order valence-corrected chi connectivity index (χ4v) is 2.06. The highest BCUT2D eigenvalue weighted by atomic mass is 79.9. The van der Waals surface area contributed by atoms with Crippen molar-refractivity contribution in [2.75, 3.05) is 6.61 Å². The van der Waals surface area contributed by atoms with E-state index < -0.39 is 0 Å². The molecule has 0 amide bonds. The quantitative estimate of drug-likeness (QED) is 0.631. The number of rotatable bonds is 4. The molecule has 0 bridgehead atoms. The van der Waals surface area contributed by atoms with Crippen LogP contribution in [0.15, 0.2) is 27.1 Å². The van der Waals surface area contributed by atoms with Gasteiger partial charge in [0, 0.05) is 6.42 Å². The van der Waals surface area contributed by atoms with Crippen LogP contribution in [0.25, 0.3) is 0 Å². The Morgan fingerprint density at radius 3 is 2.46 bits per heavy atom. The van der Waals surface area contributed by atoms with Gasteiger partial charge in [0.1, 0.15) is 12.0 Å². The SMILES string of the molecule is O=CCCOc1c(Br)cccc1Br. The van der Waals surface area contributed by atoms with Crippen LogP contribution < -0.4 is 4.74 Å². The third-order valence-electron chi connectivity index (χ3n) is 1.40. The van der Waals surface area contributed by atoms with Crippen LogP contribution in [0, 0.1) is 0 Å². The van der Waals surface area contributed by atoms with Crippen molar-refractivity contribution in [3.8, 4) is 5.75 Å². The number of benzene rings is 1. The Kier molecular flexibility index (Phi) is 4.45. The first kappa shape index (κ1) is 10.7. The Morgan fingerprint density at radius 2 is 1.92 bits per heavy atom. The summed E-state index contributed by atoms with van der Waals surface area (Å²) in [5.74, 6) is 0.740. The lowest BCUT2D eigenvalue weighted by atomic mass is 10.3.